The summed E-state index contributed by atoms with van der Waals surface area (Å²) < 4.78 is 1.18. The zero-order chi connectivity index (χ0) is 12.0. The van der Waals surface area contributed by atoms with Crippen LogP contribution in [0.3, 0.4) is 0 Å². The van der Waals surface area contributed by atoms with Gasteiger partial charge in [0.15, 0.2) is 0 Å². The van der Waals surface area contributed by atoms with Gasteiger partial charge < -0.3 is 5.73 Å². The van der Waals surface area contributed by atoms with E-state index in [0.29, 0.717) is 0 Å². The topological polar surface area (TPSA) is 26.0 Å². The van der Waals surface area contributed by atoms with E-state index in [9.17, 15) is 0 Å². The quantitative estimate of drug-likeness (QED) is 0.834. The Bertz CT molecular complexity index is 309. The summed E-state index contributed by atoms with van der Waals surface area (Å²) in [5, 5.41) is 0. The molecule has 1 aromatic carbocycles. The second kappa shape index (κ2) is 7.08. The molecule has 0 aliphatic heterocycles. The molecule has 0 aliphatic rings. The van der Waals surface area contributed by atoms with E-state index in [2.05, 4.69) is 48.0 Å². The third-order valence-corrected chi connectivity index (χ3v) is 3.57. The maximum Gasteiger partial charge on any atom is 0.0207 e. The second-order valence-corrected chi connectivity index (χ2v) is 5.73. The lowest BCUT2D eigenvalue weighted by atomic mass is 9.99. The van der Waals surface area contributed by atoms with Crippen molar-refractivity contribution < 1.29 is 0 Å². The van der Waals surface area contributed by atoms with Gasteiger partial charge in [-0.2, -0.15) is 0 Å². The fourth-order valence-corrected chi connectivity index (χ4v) is 2.28. The Balaban J connectivity index is 2.34. The van der Waals surface area contributed by atoms with E-state index in [1.165, 1.54) is 22.9 Å². The number of hydrogen-bond donors (Lipinski definition) is 1. The molecular weight excluding hydrogens is 262 g/mol. The van der Waals surface area contributed by atoms with Crippen LogP contribution in [0.5, 0.6) is 0 Å². The largest absolute Gasteiger partial charge is 0.327 e. The van der Waals surface area contributed by atoms with Gasteiger partial charge in [0, 0.05) is 10.5 Å². The fraction of sp³-hybridized carbons (Fsp3) is 0.571. The van der Waals surface area contributed by atoms with Gasteiger partial charge in [0.1, 0.15) is 0 Å². The highest BCUT2D eigenvalue weighted by Crippen LogP contribution is 2.18. The Labute approximate surface area is 108 Å². The first kappa shape index (κ1) is 13.7. The standard InChI is InChI=1S/C14H22BrN/c1-11(2)6-5-8-13(16)10-12-7-3-4-9-14(12)15/h3-4,7,9,11,13H,5-6,8,10,16H2,1-2H3. The lowest BCUT2D eigenvalue weighted by molar-refractivity contribution is 0.496. The molecule has 0 radical (unpaired) electrons. The normalized spacial score (nSPS) is 13.1. The van der Waals surface area contributed by atoms with Crippen molar-refractivity contribution in [3.05, 3.63) is 34.3 Å². The summed E-state index contributed by atoms with van der Waals surface area (Å²) in [5.41, 5.74) is 7.46. The summed E-state index contributed by atoms with van der Waals surface area (Å²) in [4.78, 5) is 0. The average Bonchev–Trinajstić information content (AvgIpc) is 2.21. The molecule has 2 N–H and O–H groups in total. The van der Waals surface area contributed by atoms with Crippen LogP contribution in [-0.4, -0.2) is 6.04 Å². The van der Waals surface area contributed by atoms with E-state index in [4.69, 9.17) is 5.73 Å². The number of rotatable bonds is 6. The van der Waals surface area contributed by atoms with Gasteiger partial charge in [-0.25, -0.2) is 0 Å². The number of nitrogens with two attached hydrogens (primary N) is 1. The van der Waals surface area contributed by atoms with Gasteiger partial charge in [0.2, 0.25) is 0 Å². The van der Waals surface area contributed by atoms with Gasteiger partial charge in [-0.3, -0.25) is 0 Å². The molecule has 0 heterocycles. The van der Waals surface area contributed by atoms with Crippen LogP contribution in [0.2, 0.25) is 0 Å². The van der Waals surface area contributed by atoms with E-state index < -0.39 is 0 Å². The summed E-state index contributed by atoms with van der Waals surface area (Å²) in [6, 6.07) is 8.62. The molecule has 90 valence electrons. The molecule has 0 aliphatic carbocycles. The van der Waals surface area contributed by atoms with Crippen LogP contribution in [0.4, 0.5) is 0 Å². The van der Waals surface area contributed by atoms with E-state index in [1.54, 1.807) is 0 Å². The SMILES string of the molecule is CC(C)CCCC(N)Cc1ccccc1Br. The number of hydrogen-bond acceptors (Lipinski definition) is 1. The summed E-state index contributed by atoms with van der Waals surface area (Å²) in [6.07, 6.45) is 4.62. The maximum atomic E-state index is 6.14. The predicted octanol–water partition coefficient (Wildman–Crippen LogP) is 4.15. The first-order valence-corrected chi connectivity index (χ1v) is 6.88. The molecule has 0 aromatic heterocycles. The monoisotopic (exact) mass is 283 g/mol. The summed E-state index contributed by atoms with van der Waals surface area (Å²) in [7, 11) is 0. The third-order valence-electron chi connectivity index (χ3n) is 2.80. The smallest absolute Gasteiger partial charge is 0.0207 e. The van der Waals surface area contributed by atoms with Crippen LogP contribution in [0, 0.1) is 5.92 Å². The van der Waals surface area contributed by atoms with Crippen molar-refractivity contribution in [2.24, 2.45) is 11.7 Å². The zero-order valence-corrected chi connectivity index (χ0v) is 11.8. The highest BCUT2D eigenvalue weighted by atomic mass is 79.9. The molecule has 16 heavy (non-hydrogen) atoms. The van der Waals surface area contributed by atoms with E-state index in [-0.39, 0.29) is 6.04 Å². The van der Waals surface area contributed by atoms with Crippen LogP contribution in [-0.2, 0) is 6.42 Å². The molecule has 1 unspecified atom stereocenters. The maximum absolute atomic E-state index is 6.14. The summed E-state index contributed by atoms with van der Waals surface area (Å²) in [5.74, 6) is 0.788. The van der Waals surface area contributed by atoms with Crippen molar-refractivity contribution in [1.82, 2.24) is 0 Å². The number of benzene rings is 1. The minimum absolute atomic E-state index is 0.289. The highest BCUT2D eigenvalue weighted by molar-refractivity contribution is 9.10. The lowest BCUT2D eigenvalue weighted by Crippen LogP contribution is -2.23. The fourth-order valence-electron chi connectivity index (χ4n) is 1.84. The molecule has 0 fully saturated rings. The van der Waals surface area contributed by atoms with Crippen LogP contribution in [0.25, 0.3) is 0 Å². The molecule has 0 saturated heterocycles. The second-order valence-electron chi connectivity index (χ2n) is 4.88. The highest BCUT2D eigenvalue weighted by Gasteiger charge is 2.06. The molecular formula is C14H22BrN. The third kappa shape index (κ3) is 5.13. The Morgan fingerprint density at radius 3 is 2.50 bits per heavy atom. The van der Waals surface area contributed by atoms with Crippen LogP contribution in [0.1, 0.15) is 38.7 Å². The minimum Gasteiger partial charge on any atom is -0.327 e. The Morgan fingerprint density at radius 1 is 1.19 bits per heavy atom. The van der Waals surface area contributed by atoms with Crippen molar-refractivity contribution in [1.29, 1.82) is 0 Å². The first-order valence-electron chi connectivity index (χ1n) is 6.08. The van der Waals surface area contributed by atoms with Gasteiger partial charge in [0.05, 0.1) is 0 Å². The van der Waals surface area contributed by atoms with Crippen molar-refractivity contribution in [2.45, 2.75) is 45.6 Å². The van der Waals surface area contributed by atoms with Gasteiger partial charge in [-0.15, -0.1) is 0 Å². The zero-order valence-electron chi connectivity index (χ0n) is 10.2. The van der Waals surface area contributed by atoms with E-state index >= 15 is 0 Å². The average molecular weight is 284 g/mol. The molecule has 1 rings (SSSR count). The van der Waals surface area contributed by atoms with Gasteiger partial charge >= 0.3 is 0 Å². The Morgan fingerprint density at radius 2 is 1.88 bits per heavy atom. The predicted molar refractivity (Wildman–Crippen MR) is 74.5 cm³/mol. The first-order chi connectivity index (χ1) is 7.59. The molecule has 1 atom stereocenters. The van der Waals surface area contributed by atoms with E-state index in [1.807, 2.05) is 6.07 Å². The lowest BCUT2D eigenvalue weighted by Gasteiger charge is -2.13. The summed E-state index contributed by atoms with van der Waals surface area (Å²) in [6.45, 7) is 4.53. The van der Waals surface area contributed by atoms with Gasteiger partial charge in [-0.1, -0.05) is 60.8 Å². The Hall–Kier alpha value is -0.340. The molecule has 0 amide bonds. The van der Waals surface area contributed by atoms with E-state index in [0.717, 1.165) is 18.8 Å². The molecule has 0 saturated carbocycles. The Kier molecular flexibility index (Phi) is 6.07. The van der Waals surface area contributed by atoms with Crippen LogP contribution < -0.4 is 5.73 Å². The summed E-state index contributed by atoms with van der Waals surface area (Å²) >= 11 is 3.56. The van der Waals surface area contributed by atoms with Crippen LogP contribution >= 0.6 is 15.9 Å². The number of halogens is 1. The van der Waals surface area contributed by atoms with Crippen molar-refractivity contribution in [2.75, 3.05) is 0 Å². The van der Waals surface area contributed by atoms with Crippen molar-refractivity contribution >= 4 is 15.9 Å². The van der Waals surface area contributed by atoms with Crippen LogP contribution in [0.15, 0.2) is 28.7 Å². The molecule has 0 bridgehead atoms. The molecule has 2 heteroatoms. The van der Waals surface area contributed by atoms with Gasteiger partial charge in [0.25, 0.3) is 0 Å². The van der Waals surface area contributed by atoms with Gasteiger partial charge in [-0.05, 0) is 30.4 Å². The molecule has 1 nitrogen and oxygen atoms in total. The van der Waals surface area contributed by atoms with Crippen molar-refractivity contribution in [3.8, 4) is 0 Å². The molecule has 0 spiro atoms. The van der Waals surface area contributed by atoms with Crippen molar-refractivity contribution in [3.63, 3.8) is 0 Å². The minimum atomic E-state index is 0.289. The molecule has 1 aromatic rings.